The number of carbonyl (C=O) groups excluding carboxylic acids is 1. The van der Waals surface area contributed by atoms with Gasteiger partial charge >= 0.3 is 0 Å². The normalized spacial score (nSPS) is 17.1. The van der Waals surface area contributed by atoms with Crippen molar-refractivity contribution in [2.24, 2.45) is 11.8 Å². The second-order valence-electron chi connectivity index (χ2n) is 7.36. The molecule has 1 aliphatic heterocycles. The molecular formula is C19H28ClN3O5S. The van der Waals surface area contributed by atoms with E-state index in [4.69, 9.17) is 11.6 Å². The van der Waals surface area contributed by atoms with E-state index in [9.17, 15) is 23.3 Å². The summed E-state index contributed by atoms with van der Waals surface area (Å²) in [5, 5.41) is 13.9. The lowest BCUT2D eigenvalue weighted by Crippen LogP contribution is -2.43. The lowest BCUT2D eigenvalue weighted by Gasteiger charge is -2.31. The van der Waals surface area contributed by atoms with E-state index in [-0.39, 0.29) is 40.5 Å². The predicted molar refractivity (Wildman–Crippen MR) is 111 cm³/mol. The van der Waals surface area contributed by atoms with Crippen molar-refractivity contribution in [2.45, 2.75) is 50.8 Å². The SMILES string of the molecule is CCC[C@H](CC)CNC(=O)C1CCN(S(=O)(=O)c2cc([N+](=O)[O-])ccc2Cl)CC1. The smallest absolute Gasteiger partial charge is 0.270 e. The minimum atomic E-state index is -3.97. The molecule has 1 aliphatic rings. The maximum atomic E-state index is 12.9. The van der Waals surface area contributed by atoms with Crippen LogP contribution < -0.4 is 5.32 Å². The number of nitro benzene ring substituents is 1. The maximum absolute atomic E-state index is 12.9. The van der Waals surface area contributed by atoms with Gasteiger partial charge in [-0.25, -0.2) is 8.42 Å². The van der Waals surface area contributed by atoms with Gasteiger partial charge in [0.1, 0.15) is 4.90 Å². The van der Waals surface area contributed by atoms with E-state index < -0.39 is 14.9 Å². The zero-order valence-corrected chi connectivity index (χ0v) is 18.3. The van der Waals surface area contributed by atoms with Crippen molar-refractivity contribution in [1.82, 2.24) is 9.62 Å². The molecule has 0 radical (unpaired) electrons. The van der Waals surface area contributed by atoms with Crippen LogP contribution in [0.4, 0.5) is 5.69 Å². The molecule has 0 spiro atoms. The summed E-state index contributed by atoms with van der Waals surface area (Å²) >= 11 is 6.00. The molecule has 1 atom stereocenters. The Bertz CT molecular complexity index is 838. The van der Waals surface area contributed by atoms with Crippen molar-refractivity contribution >= 4 is 33.2 Å². The van der Waals surface area contributed by atoms with E-state index in [2.05, 4.69) is 19.2 Å². The first-order valence-corrected chi connectivity index (χ1v) is 11.7. The zero-order valence-electron chi connectivity index (χ0n) is 16.8. The predicted octanol–water partition coefficient (Wildman–Crippen LogP) is 3.59. The van der Waals surface area contributed by atoms with E-state index in [1.54, 1.807) is 0 Å². The molecule has 0 saturated carbocycles. The number of nitrogens with one attached hydrogen (secondary N) is 1. The van der Waals surface area contributed by atoms with E-state index in [1.165, 1.54) is 16.4 Å². The van der Waals surface area contributed by atoms with E-state index >= 15 is 0 Å². The van der Waals surface area contributed by atoms with Crippen molar-refractivity contribution < 1.29 is 18.1 Å². The number of carbonyl (C=O) groups is 1. The van der Waals surface area contributed by atoms with Crippen LogP contribution in [0.3, 0.4) is 0 Å². The monoisotopic (exact) mass is 445 g/mol. The van der Waals surface area contributed by atoms with Crippen LogP contribution in [0.5, 0.6) is 0 Å². The lowest BCUT2D eigenvalue weighted by atomic mass is 9.96. The number of non-ortho nitro benzene ring substituents is 1. The molecule has 162 valence electrons. The summed E-state index contributed by atoms with van der Waals surface area (Å²) in [4.78, 5) is 22.5. The van der Waals surface area contributed by atoms with Gasteiger partial charge in [-0.2, -0.15) is 4.31 Å². The molecule has 1 aromatic carbocycles. The Balaban J connectivity index is 2.00. The van der Waals surface area contributed by atoms with Gasteiger partial charge in [0.25, 0.3) is 5.69 Å². The Morgan fingerprint density at radius 2 is 2.00 bits per heavy atom. The van der Waals surface area contributed by atoms with Gasteiger partial charge in [-0.1, -0.05) is 38.3 Å². The Labute approximate surface area is 176 Å². The molecule has 10 heteroatoms. The fourth-order valence-corrected chi connectivity index (χ4v) is 5.51. The van der Waals surface area contributed by atoms with Crippen LogP contribution in [0.1, 0.15) is 46.0 Å². The molecule has 29 heavy (non-hydrogen) atoms. The first-order valence-electron chi connectivity index (χ1n) is 9.92. The molecular weight excluding hydrogens is 418 g/mol. The topological polar surface area (TPSA) is 110 Å². The first-order chi connectivity index (χ1) is 13.7. The Morgan fingerprint density at radius 3 is 2.55 bits per heavy atom. The summed E-state index contributed by atoms with van der Waals surface area (Å²) in [6.45, 7) is 5.21. The van der Waals surface area contributed by atoms with Crippen LogP contribution in [0.25, 0.3) is 0 Å². The third-order valence-electron chi connectivity index (χ3n) is 5.41. The number of amides is 1. The van der Waals surface area contributed by atoms with Crippen molar-refractivity contribution in [3.63, 3.8) is 0 Å². The first kappa shape index (κ1) is 23.6. The number of hydrogen-bond acceptors (Lipinski definition) is 5. The van der Waals surface area contributed by atoms with Gasteiger partial charge in [0.2, 0.25) is 15.9 Å². The highest BCUT2D eigenvalue weighted by Gasteiger charge is 2.34. The van der Waals surface area contributed by atoms with Crippen LogP contribution in [0, 0.1) is 22.0 Å². The number of halogens is 1. The van der Waals surface area contributed by atoms with Crippen LogP contribution in [-0.2, 0) is 14.8 Å². The van der Waals surface area contributed by atoms with E-state index in [1.807, 2.05) is 0 Å². The highest BCUT2D eigenvalue weighted by molar-refractivity contribution is 7.89. The van der Waals surface area contributed by atoms with Gasteiger partial charge in [-0.05, 0) is 31.2 Å². The van der Waals surface area contributed by atoms with Crippen molar-refractivity contribution in [3.05, 3.63) is 33.3 Å². The second kappa shape index (κ2) is 10.4. The largest absolute Gasteiger partial charge is 0.356 e. The van der Waals surface area contributed by atoms with Crippen LogP contribution in [0.2, 0.25) is 5.02 Å². The minimum Gasteiger partial charge on any atom is -0.356 e. The fraction of sp³-hybridized carbons (Fsp3) is 0.632. The quantitative estimate of drug-likeness (QED) is 0.461. The molecule has 2 rings (SSSR count). The minimum absolute atomic E-state index is 0.0371. The van der Waals surface area contributed by atoms with E-state index in [0.29, 0.717) is 25.3 Å². The molecule has 1 saturated heterocycles. The van der Waals surface area contributed by atoms with Gasteiger partial charge in [0.05, 0.1) is 9.95 Å². The number of nitro groups is 1. The molecule has 0 aliphatic carbocycles. The van der Waals surface area contributed by atoms with Crippen LogP contribution >= 0.6 is 11.6 Å². The summed E-state index contributed by atoms with van der Waals surface area (Å²) in [5.41, 5.74) is -0.334. The number of benzene rings is 1. The molecule has 8 nitrogen and oxygen atoms in total. The third kappa shape index (κ3) is 5.90. The zero-order chi connectivity index (χ0) is 21.6. The summed E-state index contributed by atoms with van der Waals surface area (Å²) in [6.07, 6.45) is 3.96. The van der Waals surface area contributed by atoms with Gasteiger partial charge in [0, 0.05) is 37.7 Å². The van der Waals surface area contributed by atoms with E-state index in [0.717, 1.165) is 25.3 Å². The average molecular weight is 446 g/mol. The third-order valence-corrected chi connectivity index (χ3v) is 7.79. The second-order valence-corrected chi connectivity index (χ2v) is 9.67. The number of hydrogen-bond donors (Lipinski definition) is 1. The van der Waals surface area contributed by atoms with Crippen molar-refractivity contribution in [2.75, 3.05) is 19.6 Å². The Morgan fingerprint density at radius 1 is 1.34 bits per heavy atom. The van der Waals surface area contributed by atoms with Gasteiger partial charge in [0.15, 0.2) is 0 Å². The molecule has 1 N–H and O–H groups in total. The number of nitrogens with zero attached hydrogens (tertiary/aromatic N) is 2. The lowest BCUT2D eigenvalue weighted by molar-refractivity contribution is -0.385. The maximum Gasteiger partial charge on any atom is 0.270 e. The van der Waals surface area contributed by atoms with Crippen LogP contribution in [0.15, 0.2) is 23.1 Å². The summed E-state index contributed by atoms with van der Waals surface area (Å²) in [7, 11) is -3.97. The van der Waals surface area contributed by atoms with Gasteiger partial charge < -0.3 is 5.32 Å². The standard InChI is InChI=1S/C19H28ClN3O5S/c1-3-5-14(4-2)13-21-19(24)15-8-10-22(11-9-15)29(27,28)18-12-16(23(25)26)6-7-17(18)20/h6-7,12,14-15H,3-5,8-11,13H2,1-2H3,(H,21,24)/t14-/m0/s1. The molecule has 1 heterocycles. The average Bonchev–Trinajstić information content (AvgIpc) is 2.70. The van der Waals surface area contributed by atoms with Crippen LogP contribution in [-0.4, -0.2) is 43.2 Å². The van der Waals surface area contributed by atoms with Crippen molar-refractivity contribution in [1.29, 1.82) is 0 Å². The molecule has 1 fully saturated rings. The Hall–Kier alpha value is -1.71. The highest BCUT2D eigenvalue weighted by atomic mass is 35.5. The Kier molecular flexibility index (Phi) is 8.42. The summed E-state index contributed by atoms with van der Waals surface area (Å²) in [5.74, 6) is 0.187. The highest BCUT2D eigenvalue weighted by Crippen LogP contribution is 2.31. The fourth-order valence-electron chi connectivity index (χ4n) is 3.55. The molecule has 0 aromatic heterocycles. The number of sulfonamides is 1. The number of piperidine rings is 1. The molecule has 1 aromatic rings. The van der Waals surface area contributed by atoms with Gasteiger partial charge in [-0.15, -0.1) is 0 Å². The number of rotatable bonds is 9. The van der Waals surface area contributed by atoms with Gasteiger partial charge in [-0.3, -0.25) is 14.9 Å². The summed E-state index contributed by atoms with van der Waals surface area (Å²) < 4.78 is 27.1. The summed E-state index contributed by atoms with van der Waals surface area (Å²) in [6, 6.07) is 3.36. The van der Waals surface area contributed by atoms with Crippen molar-refractivity contribution in [3.8, 4) is 0 Å². The molecule has 1 amide bonds. The molecule has 0 bridgehead atoms. The molecule has 0 unspecified atom stereocenters.